The first-order valence-electron chi connectivity index (χ1n) is 10.3. The lowest BCUT2D eigenvalue weighted by Crippen LogP contribution is -2.40. The van der Waals surface area contributed by atoms with Gasteiger partial charge in [0, 0.05) is 31.6 Å². The second-order valence-corrected chi connectivity index (χ2v) is 8.36. The fourth-order valence-corrected chi connectivity index (χ4v) is 3.46. The van der Waals surface area contributed by atoms with Gasteiger partial charge in [-0.2, -0.15) is 5.10 Å². The van der Waals surface area contributed by atoms with Crippen LogP contribution in [0.3, 0.4) is 0 Å². The van der Waals surface area contributed by atoms with Crippen LogP contribution in [0.2, 0.25) is 0 Å². The van der Waals surface area contributed by atoms with E-state index in [9.17, 15) is 4.79 Å². The Kier molecular flexibility index (Phi) is 7.28. The fourth-order valence-electron chi connectivity index (χ4n) is 3.46. The lowest BCUT2D eigenvalue weighted by Gasteiger charge is -2.31. The number of anilines is 1. The maximum atomic E-state index is 13.0. The summed E-state index contributed by atoms with van der Waals surface area (Å²) in [7, 11) is 4.09. The van der Waals surface area contributed by atoms with Gasteiger partial charge in [0.15, 0.2) is 0 Å². The molecule has 154 valence electrons. The van der Waals surface area contributed by atoms with Crippen molar-refractivity contribution in [3.8, 4) is 5.69 Å². The molecule has 0 N–H and O–H groups in total. The van der Waals surface area contributed by atoms with Crippen molar-refractivity contribution < 1.29 is 4.79 Å². The van der Waals surface area contributed by atoms with Crippen molar-refractivity contribution >= 4 is 11.7 Å². The van der Waals surface area contributed by atoms with Crippen molar-refractivity contribution in [1.29, 1.82) is 0 Å². The molecule has 0 saturated carbocycles. The third-order valence-electron chi connectivity index (χ3n) is 5.19. The first-order chi connectivity index (χ1) is 13.2. The number of rotatable bonds is 8. The molecule has 0 aliphatic heterocycles. The second-order valence-electron chi connectivity index (χ2n) is 8.36. The topological polar surface area (TPSA) is 41.4 Å². The van der Waals surface area contributed by atoms with Gasteiger partial charge in [0.1, 0.15) is 5.82 Å². The van der Waals surface area contributed by atoms with Gasteiger partial charge in [-0.3, -0.25) is 4.79 Å². The number of nitrogens with zero attached hydrogens (tertiary/aromatic N) is 4. The highest BCUT2D eigenvalue weighted by molar-refractivity contribution is 5.78. The van der Waals surface area contributed by atoms with Crippen molar-refractivity contribution in [1.82, 2.24) is 14.7 Å². The fraction of sp³-hybridized carbons (Fsp3) is 0.565. The van der Waals surface area contributed by atoms with E-state index in [0.717, 1.165) is 29.2 Å². The molecule has 5 heteroatoms. The van der Waals surface area contributed by atoms with Crippen LogP contribution in [0, 0.1) is 5.92 Å². The molecule has 0 bridgehead atoms. The summed E-state index contributed by atoms with van der Waals surface area (Å²) in [5, 5.41) is 4.98. The predicted octanol–water partition coefficient (Wildman–Crippen LogP) is 4.84. The summed E-state index contributed by atoms with van der Waals surface area (Å²) in [5.41, 5.74) is 3.22. The molecule has 1 heterocycles. The minimum Gasteiger partial charge on any atom is -0.362 e. The van der Waals surface area contributed by atoms with Gasteiger partial charge < -0.3 is 9.80 Å². The molecule has 1 aromatic heterocycles. The van der Waals surface area contributed by atoms with Gasteiger partial charge in [0.05, 0.1) is 17.9 Å². The number of aromatic nitrogens is 2. The summed E-state index contributed by atoms with van der Waals surface area (Å²) in [5.74, 6) is 1.48. The molecule has 0 fully saturated rings. The summed E-state index contributed by atoms with van der Waals surface area (Å²) in [6, 6.07) is 10.4. The van der Waals surface area contributed by atoms with E-state index in [4.69, 9.17) is 5.10 Å². The smallest absolute Gasteiger partial charge is 0.225 e. The number of benzene rings is 1. The average Bonchev–Trinajstić information content (AvgIpc) is 3.05. The Morgan fingerprint density at radius 2 is 1.68 bits per heavy atom. The van der Waals surface area contributed by atoms with Crippen LogP contribution < -0.4 is 4.90 Å². The van der Waals surface area contributed by atoms with E-state index in [2.05, 4.69) is 44.7 Å². The summed E-state index contributed by atoms with van der Waals surface area (Å²) in [6.45, 7) is 13.1. The SMILES string of the molecule is CC[C@H](C)N(Cc1c(C(C)C)nn(-c2ccccc2)c1N(C)C)C(=O)C(C)C. The quantitative estimate of drug-likeness (QED) is 0.654. The van der Waals surface area contributed by atoms with Gasteiger partial charge in [0.25, 0.3) is 0 Å². The zero-order valence-electron chi connectivity index (χ0n) is 18.7. The van der Waals surface area contributed by atoms with Crippen molar-refractivity contribution in [2.75, 3.05) is 19.0 Å². The maximum Gasteiger partial charge on any atom is 0.225 e. The first-order valence-corrected chi connectivity index (χ1v) is 10.3. The number of hydrogen-bond donors (Lipinski definition) is 0. The molecule has 5 nitrogen and oxygen atoms in total. The van der Waals surface area contributed by atoms with Crippen molar-refractivity contribution in [3.05, 3.63) is 41.6 Å². The Bertz CT molecular complexity index is 777. The van der Waals surface area contributed by atoms with Crippen LogP contribution in [0.5, 0.6) is 0 Å². The molecule has 1 aromatic carbocycles. The Hall–Kier alpha value is -2.30. The van der Waals surface area contributed by atoms with Crippen LogP contribution in [-0.4, -0.2) is 40.7 Å². The maximum absolute atomic E-state index is 13.0. The average molecular weight is 385 g/mol. The normalized spacial score (nSPS) is 12.5. The van der Waals surface area contributed by atoms with Crippen LogP contribution in [0.25, 0.3) is 5.69 Å². The molecule has 0 unspecified atom stereocenters. The van der Waals surface area contributed by atoms with Gasteiger partial charge in [0.2, 0.25) is 5.91 Å². The van der Waals surface area contributed by atoms with Crippen molar-refractivity contribution in [2.24, 2.45) is 5.92 Å². The largest absolute Gasteiger partial charge is 0.362 e. The monoisotopic (exact) mass is 384 g/mol. The van der Waals surface area contributed by atoms with E-state index in [1.54, 1.807) is 0 Å². The Morgan fingerprint density at radius 1 is 1.07 bits per heavy atom. The van der Waals surface area contributed by atoms with E-state index in [0.29, 0.717) is 6.54 Å². The van der Waals surface area contributed by atoms with Crippen LogP contribution in [0.1, 0.15) is 65.1 Å². The highest BCUT2D eigenvalue weighted by Crippen LogP contribution is 2.32. The highest BCUT2D eigenvalue weighted by Gasteiger charge is 2.28. The summed E-state index contributed by atoms with van der Waals surface area (Å²) >= 11 is 0. The minimum atomic E-state index is -0.0246. The zero-order chi connectivity index (χ0) is 21.0. The number of amides is 1. The van der Waals surface area contributed by atoms with Crippen LogP contribution in [0.4, 0.5) is 5.82 Å². The molecule has 2 aromatic rings. The van der Waals surface area contributed by atoms with Gasteiger partial charge in [-0.1, -0.05) is 52.8 Å². The number of carbonyl (C=O) groups excluding carboxylic acids is 1. The molecule has 0 saturated heterocycles. The standard InChI is InChI=1S/C23H36N4O/c1-9-18(6)26(23(28)17(4)5)15-20-21(16(2)3)24-27(22(20)25(7)8)19-13-11-10-12-14-19/h10-14,16-18H,9,15H2,1-8H3/t18-/m0/s1. The van der Waals surface area contributed by atoms with Crippen molar-refractivity contribution in [3.63, 3.8) is 0 Å². The molecule has 0 aliphatic rings. The van der Waals surface area contributed by atoms with Gasteiger partial charge >= 0.3 is 0 Å². The Labute approximate surface area is 170 Å². The molecule has 0 radical (unpaired) electrons. The molecular formula is C23H36N4O. The van der Waals surface area contributed by atoms with Crippen LogP contribution >= 0.6 is 0 Å². The number of carbonyl (C=O) groups is 1. The summed E-state index contributed by atoms with van der Waals surface area (Å²) in [4.78, 5) is 17.1. The summed E-state index contributed by atoms with van der Waals surface area (Å²) < 4.78 is 2.01. The van der Waals surface area contributed by atoms with Crippen LogP contribution in [-0.2, 0) is 11.3 Å². The van der Waals surface area contributed by atoms with E-state index < -0.39 is 0 Å². The Morgan fingerprint density at radius 3 is 2.14 bits per heavy atom. The third kappa shape index (κ3) is 4.57. The lowest BCUT2D eigenvalue weighted by molar-refractivity contribution is -0.137. The zero-order valence-corrected chi connectivity index (χ0v) is 18.7. The van der Waals surface area contributed by atoms with Gasteiger partial charge in [-0.25, -0.2) is 4.68 Å². The Balaban J connectivity index is 2.63. The second kappa shape index (κ2) is 9.26. The highest BCUT2D eigenvalue weighted by atomic mass is 16.2. The lowest BCUT2D eigenvalue weighted by atomic mass is 10.0. The molecule has 1 amide bonds. The van der Waals surface area contributed by atoms with E-state index in [1.165, 1.54) is 0 Å². The van der Waals surface area contributed by atoms with E-state index in [1.807, 2.05) is 55.7 Å². The van der Waals surface area contributed by atoms with E-state index >= 15 is 0 Å². The number of hydrogen-bond acceptors (Lipinski definition) is 3. The molecule has 0 spiro atoms. The van der Waals surface area contributed by atoms with E-state index in [-0.39, 0.29) is 23.8 Å². The minimum absolute atomic E-state index is 0.0246. The molecule has 2 rings (SSSR count). The molecule has 0 aliphatic carbocycles. The summed E-state index contributed by atoms with van der Waals surface area (Å²) in [6.07, 6.45) is 0.930. The molecular weight excluding hydrogens is 348 g/mol. The molecule has 28 heavy (non-hydrogen) atoms. The van der Waals surface area contributed by atoms with Crippen LogP contribution in [0.15, 0.2) is 30.3 Å². The molecule has 1 atom stereocenters. The van der Waals surface area contributed by atoms with Gasteiger partial charge in [-0.15, -0.1) is 0 Å². The third-order valence-corrected chi connectivity index (χ3v) is 5.19. The van der Waals surface area contributed by atoms with Crippen molar-refractivity contribution in [2.45, 2.75) is 66.5 Å². The number of para-hydroxylation sites is 1. The predicted molar refractivity (Wildman–Crippen MR) is 117 cm³/mol. The van der Waals surface area contributed by atoms with Gasteiger partial charge in [-0.05, 0) is 31.4 Å². The first kappa shape index (κ1) is 22.0.